The largest absolute Gasteiger partial charge is 0.472 e. The Kier molecular flexibility index (Phi) is 75.2. The Morgan fingerprint density at radius 2 is 0.500 bits per heavy atom. The van der Waals surface area contributed by atoms with Gasteiger partial charge in [0.25, 0.3) is 0 Å². The van der Waals surface area contributed by atoms with Crippen LogP contribution in [0.3, 0.4) is 0 Å². The molecule has 5 unspecified atom stereocenters. The Bertz CT molecular complexity index is 3000. The lowest BCUT2D eigenvalue weighted by Gasteiger charge is -2.21. The molecule has 0 aromatic carbocycles. The van der Waals surface area contributed by atoms with Crippen LogP contribution in [-0.2, 0) is 65.4 Å². The summed E-state index contributed by atoms with van der Waals surface area (Å²) in [5.41, 5.74) is 0. The number of hydrogen-bond acceptors (Lipinski definition) is 15. The molecule has 0 spiro atoms. The smallest absolute Gasteiger partial charge is 0.462 e. The van der Waals surface area contributed by atoms with Crippen molar-refractivity contribution in [1.82, 2.24) is 0 Å². The summed E-state index contributed by atoms with van der Waals surface area (Å²) >= 11 is 0. The number of carbonyl (C=O) groups excluding carboxylic acids is 4. The molecular formula is C91H140O17P2. The minimum Gasteiger partial charge on any atom is -0.462 e. The quantitative estimate of drug-likeness (QED) is 0.0169. The van der Waals surface area contributed by atoms with Gasteiger partial charge in [0.05, 0.1) is 32.8 Å². The number of aliphatic hydroxyl groups excluding tert-OH is 1. The summed E-state index contributed by atoms with van der Waals surface area (Å²) in [5, 5.41) is 10.7. The number of hydrogen-bond donors (Lipinski definition) is 3. The van der Waals surface area contributed by atoms with Crippen LogP contribution in [0.4, 0.5) is 0 Å². The maximum Gasteiger partial charge on any atom is 0.472 e. The maximum absolute atomic E-state index is 13.1. The molecule has 616 valence electrons. The lowest BCUT2D eigenvalue weighted by atomic mass is 10.1. The van der Waals surface area contributed by atoms with Crippen LogP contribution in [0.2, 0.25) is 0 Å². The van der Waals surface area contributed by atoms with E-state index in [1.807, 2.05) is 30.4 Å². The first-order chi connectivity index (χ1) is 53.7. The molecule has 0 aliphatic rings. The molecule has 17 nitrogen and oxygen atoms in total. The van der Waals surface area contributed by atoms with Crippen LogP contribution in [0.1, 0.15) is 259 Å². The highest BCUT2D eigenvalue weighted by molar-refractivity contribution is 7.47. The highest BCUT2D eigenvalue weighted by atomic mass is 31.2. The van der Waals surface area contributed by atoms with E-state index >= 15 is 0 Å². The zero-order valence-electron chi connectivity index (χ0n) is 67.3. The molecule has 0 amide bonds. The second kappa shape index (κ2) is 80.2. The third-order valence-corrected chi connectivity index (χ3v) is 17.6. The molecule has 0 aromatic heterocycles. The van der Waals surface area contributed by atoms with Crippen molar-refractivity contribution in [2.45, 2.75) is 277 Å². The first kappa shape index (κ1) is 103. The second-order valence-corrected chi connectivity index (χ2v) is 28.8. The molecule has 110 heavy (non-hydrogen) atoms. The van der Waals surface area contributed by atoms with Gasteiger partial charge in [0.1, 0.15) is 19.3 Å². The molecule has 0 aliphatic carbocycles. The first-order valence-electron chi connectivity index (χ1n) is 40.6. The first-order valence-corrected chi connectivity index (χ1v) is 43.6. The standard InChI is InChI=1S/C91H140O17P2/c1-5-9-13-17-21-25-29-33-37-40-42-45-49-52-56-60-64-68-72-76-89(94)102-82-87(108-91(96)78-74-70-66-62-58-54-50-46-43-41-38-34-30-26-22-18-14-10-6-2)84-106-110(99,100)104-80-85(92)79-103-109(97,98)105-83-86(107-90(95)77-73-69-65-61-57-53-47-36-32-28-24-20-16-12-8-4)81-101-88(93)75-71-67-63-59-55-51-48-44-39-35-31-27-23-19-15-11-7-3/h9-16,21-28,33-39,42-43,45-48,51-52,56-57,61,64,68-69,73,85-87,92H,5-8,17-20,29-32,40-41,44,49-50,53-55,58-60,62-63,65-67,70-72,74-84H2,1-4H3,(H,97,98)(H,99,100)/b13-9-,14-10-,15-11-,16-12-,25-21-,26-22-,27-23-,28-24-,37-33-,38-34-,39-35-,45-42-,46-43-,47-36-,51-48-,56-52-,61-57-,68-64-,73-69-. The number of phosphoric acid groups is 2. The van der Waals surface area contributed by atoms with Gasteiger partial charge in [0.2, 0.25) is 0 Å². The highest BCUT2D eigenvalue weighted by Crippen LogP contribution is 2.45. The summed E-state index contributed by atoms with van der Waals surface area (Å²) in [6, 6.07) is 0. The zero-order valence-corrected chi connectivity index (χ0v) is 69.1. The number of unbranched alkanes of at least 4 members (excludes halogenated alkanes) is 10. The van der Waals surface area contributed by atoms with E-state index in [1.165, 1.54) is 0 Å². The van der Waals surface area contributed by atoms with Crippen molar-refractivity contribution in [3.05, 3.63) is 231 Å². The average Bonchev–Trinajstić information content (AvgIpc) is 0.900. The van der Waals surface area contributed by atoms with Gasteiger partial charge in [-0.2, -0.15) is 0 Å². The van der Waals surface area contributed by atoms with Gasteiger partial charge in [-0.25, -0.2) is 9.13 Å². The number of aliphatic hydroxyl groups is 1. The van der Waals surface area contributed by atoms with Crippen molar-refractivity contribution in [3.63, 3.8) is 0 Å². The van der Waals surface area contributed by atoms with E-state index in [1.54, 1.807) is 12.2 Å². The number of ether oxygens (including phenoxy) is 4. The Balaban J connectivity index is 5.57. The fourth-order valence-corrected chi connectivity index (χ4v) is 11.2. The van der Waals surface area contributed by atoms with Gasteiger partial charge in [-0.1, -0.05) is 297 Å². The summed E-state index contributed by atoms with van der Waals surface area (Å²) in [4.78, 5) is 73.1. The van der Waals surface area contributed by atoms with Crippen molar-refractivity contribution < 1.29 is 80.2 Å². The fourth-order valence-electron chi connectivity index (χ4n) is 9.65. The molecular weight excluding hydrogens is 1430 g/mol. The van der Waals surface area contributed by atoms with Gasteiger partial charge in [0, 0.05) is 19.3 Å². The van der Waals surface area contributed by atoms with Crippen molar-refractivity contribution >= 4 is 39.5 Å². The summed E-state index contributed by atoms with van der Waals surface area (Å²) < 4.78 is 68.4. The van der Waals surface area contributed by atoms with Crippen LogP contribution in [0, 0.1) is 0 Å². The van der Waals surface area contributed by atoms with E-state index in [0.717, 1.165) is 173 Å². The molecule has 0 radical (unpaired) electrons. The Hall–Kier alpha value is -6.88. The summed E-state index contributed by atoms with van der Waals surface area (Å²) in [6.07, 6.45) is 104. The van der Waals surface area contributed by atoms with E-state index in [-0.39, 0.29) is 25.7 Å². The van der Waals surface area contributed by atoms with E-state index in [4.69, 9.17) is 37.0 Å². The third kappa shape index (κ3) is 79.2. The molecule has 0 fully saturated rings. The normalized spacial score (nSPS) is 15.0. The lowest BCUT2D eigenvalue weighted by Crippen LogP contribution is -2.30. The third-order valence-electron chi connectivity index (χ3n) is 15.7. The summed E-state index contributed by atoms with van der Waals surface area (Å²) in [5.74, 6) is -2.50. The minimum atomic E-state index is -5.03. The second-order valence-electron chi connectivity index (χ2n) is 25.8. The number of rotatable bonds is 73. The monoisotopic (exact) mass is 1570 g/mol. The predicted molar refractivity (Wildman–Crippen MR) is 454 cm³/mol. The number of carbonyl (C=O) groups is 4. The maximum atomic E-state index is 13.1. The molecule has 0 saturated carbocycles. The Labute approximate surface area is 664 Å². The van der Waals surface area contributed by atoms with Crippen LogP contribution in [0.25, 0.3) is 0 Å². The molecule has 5 atom stereocenters. The molecule has 0 aromatic rings. The topological polar surface area (TPSA) is 237 Å². The highest BCUT2D eigenvalue weighted by Gasteiger charge is 2.30. The summed E-state index contributed by atoms with van der Waals surface area (Å²) in [7, 11) is -10.1. The Morgan fingerprint density at radius 1 is 0.264 bits per heavy atom. The van der Waals surface area contributed by atoms with Crippen molar-refractivity contribution in [2.75, 3.05) is 39.6 Å². The number of esters is 4. The van der Waals surface area contributed by atoms with Crippen molar-refractivity contribution in [1.29, 1.82) is 0 Å². The zero-order chi connectivity index (χ0) is 80.3. The fraction of sp³-hybridized carbons (Fsp3) is 0.538. The molecule has 0 aliphatic heterocycles. The average molecular weight is 1570 g/mol. The molecule has 0 rings (SSSR count). The van der Waals surface area contributed by atoms with E-state index in [9.17, 15) is 43.2 Å². The van der Waals surface area contributed by atoms with Crippen molar-refractivity contribution in [2.24, 2.45) is 0 Å². The lowest BCUT2D eigenvalue weighted by molar-refractivity contribution is -0.161. The molecule has 0 heterocycles. The number of allylic oxidation sites excluding steroid dienone is 37. The Morgan fingerprint density at radius 3 is 0.818 bits per heavy atom. The molecule has 0 saturated heterocycles. The van der Waals surface area contributed by atoms with Crippen LogP contribution in [-0.4, -0.2) is 96.7 Å². The van der Waals surface area contributed by atoms with Crippen LogP contribution in [0.5, 0.6) is 0 Å². The van der Waals surface area contributed by atoms with Crippen LogP contribution < -0.4 is 0 Å². The van der Waals surface area contributed by atoms with E-state index in [2.05, 4.69) is 216 Å². The SMILES string of the molecule is CC/C=C\C/C=C\C/C=C\C/C=C\C/C=C\C/C=C\CCC(=O)OCC(COP(=O)(O)OCC(O)COP(=O)(O)OCC(COC(=O)CCCCCC/C=C\C/C=C\C/C=C\C/C=C\CC)OC(=O)C/C=C\C/C=C\C/C=C\C/C=C\C/C=C\CC)OC(=O)CCCCCCCC/C=C\C/C=C\C/C=C\C/C=C\CC. The van der Waals surface area contributed by atoms with Gasteiger partial charge in [-0.15, -0.1) is 0 Å². The van der Waals surface area contributed by atoms with Crippen molar-refractivity contribution in [3.8, 4) is 0 Å². The molecule has 0 bridgehead atoms. The number of phosphoric ester groups is 2. The minimum absolute atomic E-state index is 0.0198. The van der Waals surface area contributed by atoms with Gasteiger partial charge < -0.3 is 33.8 Å². The predicted octanol–water partition coefficient (Wildman–Crippen LogP) is 24.2. The van der Waals surface area contributed by atoms with E-state index < -0.39 is 97.5 Å². The van der Waals surface area contributed by atoms with Crippen LogP contribution in [0.15, 0.2) is 231 Å². The van der Waals surface area contributed by atoms with Crippen LogP contribution >= 0.6 is 15.6 Å². The molecule has 3 N–H and O–H groups in total. The molecule has 19 heteroatoms. The van der Waals surface area contributed by atoms with E-state index in [0.29, 0.717) is 32.1 Å². The summed E-state index contributed by atoms with van der Waals surface area (Å²) in [6.45, 7) is 4.13. The van der Waals surface area contributed by atoms with Gasteiger partial charge in [-0.3, -0.25) is 37.3 Å². The van der Waals surface area contributed by atoms with Gasteiger partial charge in [-0.05, 0) is 167 Å². The van der Waals surface area contributed by atoms with Gasteiger partial charge in [0.15, 0.2) is 12.2 Å². The van der Waals surface area contributed by atoms with Gasteiger partial charge >= 0.3 is 39.5 Å².